The number of nitriles is 1. The van der Waals surface area contributed by atoms with Crippen LogP contribution in [0.3, 0.4) is 0 Å². The number of carbonyl (C=O) groups excluding carboxylic acids is 2. The first kappa shape index (κ1) is 22.7. The molecule has 2 rings (SSSR count). The second kappa shape index (κ2) is 12.0. The molecule has 0 saturated carbocycles. The van der Waals surface area contributed by atoms with Crippen molar-refractivity contribution in [3.05, 3.63) is 35.9 Å². The zero-order valence-corrected chi connectivity index (χ0v) is 17.0. The van der Waals surface area contributed by atoms with Crippen molar-refractivity contribution in [3.8, 4) is 6.07 Å². The Balaban J connectivity index is 1.89. The Kier molecular flexibility index (Phi) is 9.41. The maximum atomic E-state index is 12.7. The minimum absolute atomic E-state index is 0.0434. The van der Waals surface area contributed by atoms with E-state index in [9.17, 15) is 14.9 Å². The quantitative estimate of drug-likeness (QED) is 0.678. The second-order valence-electron chi connectivity index (χ2n) is 6.98. The molecule has 2 amide bonds. The Hall–Kier alpha value is -2.63. The molecule has 1 aromatic carbocycles. The fourth-order valence-electron chi connectivity index (χ4n) is 2.81. The molecule has 1 aliphatic rings. The summed E-state index contributed by atoms with van der Waals surface area (Å²) in [5.41, 5.74) is 0.979. The van der Waals surface area contributed by atoms with Crippen LogP contribution < -0.4 is 5.32 Å². The third kappa shape index (κ3) is 7.37. The average Bonchev–Trinajstić information content (AvgIpc) is 2.77. The number of hydrogen-bond donors (Lipinski definition) is 1. The van der Waals surface area contributed by atoms with Crippen LogP contribution in [-0.2, 0) is 25.6 Å². The summed E-state index contributed by atoms with van der Waals surface area (Å²) in [6, 6.07) is 10.8. The van der Waals surface area contributed by atoms with Crippen LogP contribution in [0.5, 0.6) is 0 Å². The van der Waals surface area contributed by atoms with Gasteiger partial charge in [0.1, 0.15) is 6.04 Å². The van der Waals surface area contributed by atoms with Crippen LogP contribution in [0.2, 0.25) is 0 Å². The molecule has 158 valence electrons. The predicted octanol–water partition coefficient (Wildman–Crippen LogP) is 2.10. The van der Waals surface area contributed by atoms with Crippen LogP contribution >= 0.6 is 0 Å². The van der Waals surface area contributed by atoms with Crippen LogP contribution in [0, 0.1) is 17.2 Å². The molecule has 1 aliphatic heterocycles. The molecule has 1 N–H and O–H groups in total. The number of nitrogens with one attached hydrogen (secondary N) is 1. The minimum atomic E-state index is -0.972. The lowest BCUT2D eigenvalue weighted by Gasteiger charge is -2.30. The van der Waals surface area contributed by atoms with E-state index in [2.05, 4.69) is 5.32 Å². The van der Waals surface area contributed by atoms with Gasteiger partial charge in [-0.05, 0) is 12.0 Å². The first-order valence-corrected chi connectivity index (χ1v) is 9.90. The molecule has 3 atom stereocenters. The normalized spacial score (nSPS) is 16.9. The number of carbonyl (C=O) groups is 2. The fourth-order valence-corrected chi connectivity index (χ4v) is 2.81. The number of hydrogen-bond acceptors (Lipinski definition) is 6. The van der Waals surface area contributed by atoms with Gasteiger partial charge in [-0.15, -0.1) is 0 Å². The molecule has 0 spiro atoms. The number of morpholine rings is 1. The first-order chi connectivity index (χ1) is 14.0. The molecule has 1 saturated heterocycles. The van der Waals surface area contributed by atoms with E-state index in [1.54, 1.807) is 0 Å². The van der Waals surface area contributed by atoms with Crippen molar-refractivity contribution in [2.45, 2.75) is 39.0 Å². The highest BCUT2D eigenvalue weighted by atomic mass is 16.6. The Morgan fingerprint density at radius 3 is 2.59 bits per heavy atom. The Morgan fingerprint density at radius 1 is 1.28 bits per heavy atom. The van der Waals surface area contributed by atoms with E-state index in [0.717, 1.165) is 5.56 Å². The highest BCUT2D eigenvalue weighted by molar-refractivity contribution is 5.84. The molecule has 0 bridgehead atoms. The number of ether oxygens (including phenoxy) is 3. The lowest BCUT2D eigenvalue weighted by atomic mass is 10.0. The Bertz CT molecular complexity index is 685. The van der Waals surface area contributed by atoms with Gasteiger partial charge in [0.05, 0.1) is 32.5 Å². The summed E-state index contributed by atoms with van der Waals surface area (Å²) in [5, 5.41) is 12.0. The van der Waals surface area contributed by atoms with Crippen LogP contribution in [0.4, 0.5) is 4.79 Å². The molecule has 8 heteroatoms. The molecule has 1 aromatic rings. The number of nitrogens with zero attached hydrogens (tertiary/aromatic N) is 2. The molecule has 29 heavy (non-hydrogen) atoms. The van der Waals surface area contributed by atoms with E-state index < -0.39 is 24.1 Å². The van der Waals surface area contributed by atoms with E-state index in [1.165, 1.54) is 4.90 Å². The number of rotatable bonds is 9. The summed E-state index contributed by atoms with van der Waals surface area (Å²) in [4.78, 5) is 26.6. The summed E-state index contributed by atoms with van der Waals surface area (Å²) in [5.74, 6) is -0.680. The summed E-state index contributed by atoms with van der Waals surface area (Å²) in [7, 11) is 0. The van der Waals surface area contributed by atoms with E-state index >= 15 is 0 Å². The van der Waals surface area contributed by atoms with E-state index in [0.29, 0.717) is 39.3 Å². The van der Waals surface area contributed by atoms with Crippen molar-refractivity contribution in [1.82, 2.24) is 10.2 Å². The zero-order chi connectivity index (χ0) is 21.1. The SMILES string of the molecule is CCC(C)[C@H](OC(=O)N1CCOCC1)C(=O)N[C@H](C#N)COCc1ccccc1. The molecule has 1 fully saturated rings. The summed E-state index contributed by atoms with van der Waals surface area (Å²) in [6.07, 6.45) is -0.862. The van der Waals surface area contributed by atoms with Crippen molar-refractivity contribution in [2.24, 2.45) is 5.92 Å². The van der Waals surface area contributed by atoms with Gasteiger partial charge in [0.2, 0.25) is 0 Å². The first-order valence-electron chi connectivity index (χ1n) is 9.90. The summed E-state index contributed by atoms with van der Waals surface area (Å²) < 4.78 is 16.3. The van der Waals surface area contributed by atoms with Crippen LogP contribution in [0.1, 0.15) is 25.8 Å². The third-order valence-corrected chi connectivity index (χ3v) is 4.78. The molecule has 0 radical (unpaired) electrons. The van der Waals surface area contributed by atoms with Gasteiger partial charge in [0.15, 0.2) is 6.10 Å². The van der Waals surface area contributed by atoms with E-state index in [1.807, 2.05) is 50.2 Å². The molecule has 8 nitrogen and oxygen atoms in total. The van der Waals surface area contributed by atoms with Gasteiger partial charge in [-0.1, -0.05) is 44.2 Å². The van der Waals surface area contributed by atoms with E-state index in [4.69, 9.17) is 14.2 Å². The molecule has 0 aliphatic carbocycles. The summed E-state index contributed by atoms with van der Waals surface area (Å²) >= 11 is 0. The number of amides is 2. The van der Waals surface area contributed by atoms with Crippen molar-refractivity contribution in [1.29, 1.82) is 5.26 Å². The van der Waals surface area contributed by atoms with Gasteiger partial charge in [0, 0.05) is 19.0 Å². The Labute approximate surface area is 171 Å². The van der Waals surface area contributed by atoms with Crippen LogP contribution in [0.25, 0.3) is 0 Å². The zero-order valence-electron chi connectivity index (χ0n) is 17.0. The van der Waals surface area contributed by atoms with Gasteiger partial charge >= 0.3 is 6.09 Å². The van der Waals surface area contributed by atoms with E-state index in [-0.39, 0.29) is 12.5 Å². The predicted molar refractivity (Wildman–Crippen MR) is 106 cm³/mol. The van der Waals surface area contributed by atoms with Gasteiger partial charge in [0.25, 0.3) is 5.91 Å². The van der Waals surface area contributed by atoms with Gasteiger partial charge in [-0.3, -0.25) is 4.79 Å². The summed E-state index contributed by atoms with van der Waals surface area (Å²) in [6.45, 7) is 5.90. The second-order valence-corrected chi connectivity index (χ2v) is 6.98. The lowest BCUT2D eigenvalue weighted by Crippen LogP contribution is -2.49. The Morgan fingerprint density at radius 2 is 1.97 bits per heavy atom. The van der Waals surface area contributed by atoms with Gasteiger partial charge in [-0.25, -0.2) is 4.79 Å². The van der Waals surface area contributed by atoms with Crippen LogP contribution in [0.15, 0.2) is 30.3 Å². The lowest BCUT2D eigenvalue weighted by molar-refractivity contribution is -0.133. The molecular weight excluding hydrogens is 374 g/mol. The van der Waals surface area contributed by atoms with Crippen molar-refractivity contribution >= 4 is 12.0 Å². The van der Waals surface area contributed by atoms with Gasteiger partial charge < -0.3 is 24.4 Å². The highest BCUT2D eigenvalue weighted by Gasteiger charge is 2.32. The fraction of sp³-hybridized carbons (Fsp3) is 0.571. The largest absolute Gasteiger partial charge is 0.436 e. The molecule has 0 aromatic heterocycles. The van der Waals surface area contributed by atoms with Crippen molar-refractivity contribution < 1.29 is 23.8 Å². The minimum Gasteiger partial charge on any atom is -0.436 e. The number of benzene rings is 1. The maximum Gasteiger partial charge on any atom is 0.410 e. The maximum absolute atomic E-state index is 12.7. The van der Waals surface area contributed by atoms with Crippen LogP contribution in [-0.4, -0.2) is 62.0 Å². The molecule has 1 heterocycles. The molecular formula is C21H29N3O5. The topological polar surface area (TPSA) is 101 Å². The third-order valence-electron chi connectivity index (χ3n) is 4.78. The van der Waals surface area contributed by atoms with Crippen molar-refractivity contribution in [3.63, 3.8) is 0 Å². The van der Waals surface area contributed by atoms with Crippen molar-refractivity contribution in [2.75, 3.05) is 32.9 Å². The standard InChI is InChI=1S/C21H29N3O5/c1-3-16(2)19(29-21(26)24-9-11-27-12-10-24)20(25)23-18(13-22)15-28-14-17-7-5-4-6-8-17/h4-8,16,18-19H,3,9-12,14-15H2,1-2H3,(H,23,25)/t16?,18-,19+/m1/s1. The van der Waals surface area contributed by atoms with Gasteiger partial charge in [-0.2, -0.15) is 5.26 Å². The monoisotopic (exact) mass is 403 g/mol. The average molecular weight is 403 g/mol. The molecule has 1 unspecified atom stereocenters. The highest BCUT2D eigenvalue weighted by Crippen LogP contribution is 2.15. The smallest absolute Gasteiger partial charge is 0.410 e.